The van der Waals surface area contributed by atoms with Crippen molar-refractivity contribution >= 4 is 11.4 Å². The molecule has 0 saturated carbocycles. The Balaban J connectivity index is 1.18. The van der Waals surface area contributed by atoms with Crippen molar-refractivity contribution in [1.82, 2.24) is 0 Å². The maximum Gasteiger partial charge on any atom is 0.276 e. The van der Waals surface area contributed by atoms with Gasteiger partial charge in [-0.2, -0.15) is 0 Å². The zero-order valence-electron chi connectivity index (χ0n) is 38.2. The van der Waals surface area contributed by atoms with Crippen LogP contribution < -0.4 is 56.8 Å². The molecule has 8 aliphatic heterocycles. The molecule has 18 nitrogen and oxygen atoms in total. The van der Waals surface area contributed by atoms with Crippen LogP contribution in [-0.2, 0) is 26.4 Å². The zero-order chi connectivity index (χ0) is 47.7. The van der Waals surface area contributed by atoms with Crippen LogP contribution in [0.2, 0.25) is 0 Å². The van der Waals surface area contributed by atoms with Crippen LogP contribution in [-0.4, -0.2) is 37.0 Å². The number of non-ortho nitro benzene ring substituents is 2. The summed E-state index contributed by atoms with van der Waals surface area (Å²) in [6.07, 6.45) is 0. The Morgan fingerprint density at radius 3 is 0.714 bits per heavy atom. The van der Waals surface area contributed by atoms with E-state index >= 15 is 0 Å². The summed E-state index contributed by atoms with van der Waals surface area (Å²) in [7, 11) is 0. The van der Waals surface area contributed by atoms with E-state index in [1.165, 1.54) is 24.3 Å². The van der Waals surface area contributed by atoms with Crippen LogP contribution >= 0.6 is 0 Å². The maximum absolute atomic E-state index is 12.4. The molecule has 6 aromatic rings. The second kappa shape index (κ2) is 15.6. The average Bonchev–Trinajstić information content (AvgIpc) is 3.33. The molecule has 18 heteroatoms. The molecule has 0 radical (unpaired) electrons. The van der Waals surface area contributed by atoms with Crippen LogP contribution in [0.3, 0.4) is 0 Å². The monoisotopic (exact) mass is 950 g/mol. The number of nitro groups is 2. The summed E-state index contributed by atoms with van der Waals surface area (Å²) in [4.78, 5) is 23.8. The van der Waals surface area contributed by atoms with E-state index in [0.29, 0.717) is 68.2 Å². The van der Waals surface area contributed by atoms with E-state index in [2.05, 4.69) is 52.0 Å². The van der Waals surface area contributed by atoms with Gasteiger partial charge in [-0.25, -0.2) is 0 Å². The van der Waals surface area contributed by atoms with E-state index in [1.54, 1.807) is 12.1 Å². The molecule has 0 spiro atoms. The third kappa shape index (κ3) is 6.38. The number of nitro benzene ring substituents is 2. The number of benzene rings is 6. The van der Waals surface area contributed by atoms with Gasteiger partial charge in [-0.15, -0.1) is 0 Å². The van der Waals surface area contributed by atoms with Crippen molar-refractivity contribution in [2.75, 3.05) is 27.2 Å². The molecule has 0 saturated heterocycles. The molecule has 0 atom stereocenters. The average molecular weight is 951 g/mol. The smallest absolute Gasteiger partial charge is 0.276 e. The van der Waals surface area contributed by atoms with E-state index in [-0.39, 0.29) is 99.8 Å². The first kappa shape index (κ1) is 41.9. The fourth-order valence-electron chi connectivity index (χ4n) is 11.0. The number of hydrogen-bond donors (Lipinski definition) is 0. The number of fused-ring (bicyclic) bond motifs is 12. The van der Waals surface area contributed by atoms with Crippen LogP contribution in [0.15, 0.2) is 60.7 Å². The molecule has 70 heavy (non-hydrogen) atoms. The Labute approximate surface area is 398 Å². The molecule has 0 amide bonds. The Bertz CT molecular complexity index is 2890. The van der Waals surface area contributed by atoms with Gasteiger partial charge in [0.2, 0.25) is 27.2 Å². The van der Waals surface area contributed by atoms with Gasteiger partial charge in [-0.05, 0) is 24.3 Å². The van der Waals surface area contributed by atoms with Crippen molar-refractivity contribution in [2.24, 2.45) is 0 Å². The molecule has 8 aliphatic rings. The lowest BCUT2D eigenvalue weighted by atomic mass is 9.78. The minimum atomic E-state index is -0.496. The molecule has 14 rings (SSSR count). The number of hydrogen-bond acceptors (Lipinski definition) is 16. The first-order chi connectivity index (χ1) is 34.0. The van der Waals surface area contributed by atoms with Crippen molar-refractivity contribution in [3.63, 3.8) is 0 Å². The van der Waals surface area contributed by atoms with E-state index in [0.717, 1.165) is 44.5 Å². The summed E-state index contributed by atoms with van der Waals surface area (Å²) in [6, 6.07) is 17.1. The second-order valence-electron chi connectivity index (χ2n) is 18.3. The maximum atomic E-state index is 12.4. The third-order valence-electron chi connectivity index (χ3n) is 14.6. The summed E-state index contributed by atoms with van der Waals surface area (Å²) in [5.74, 6) is 2.77. The summed E-state index contributed by atoms with van der Waals surface area (Å²) < 4.78 is 79.3. The Morgan fingerprint density at radius 2 is 0.529 bits per heavy atom. The highest BCUT2D eigenvalue weighted by molar-refractivity contribution is 5.69. The Kier molecular flexibility index (Phi) is 9.35. The van der Waals surface area contributed by atoms with Gasteiger partial charge < -0.3 is 56.8 Å². The molecular weight excluding hydrogens is 909 g/mol. The molecule has 6 aromatic carbocycles. The number of rotatable bonds is 2. The van der Waals surface area contributed by atoms with Crippen LogP contribution in [0.1, 0.15) is 118 Å². The van der Waals surface area contributed by atoms with E-state index < -0.39 is 21.7 Å². The van der Waals surface area contributed by atoms with Gasteiger partial charge in [0.05, 0.1) is 56.4 Å². The van der Waals surface area contributed by atoms with Crippen LogP contribution in [0, 0.1) is 20.2 Å². The minimum absolute atomic E-state index is 0.128. The lowest BCUT2D eigenvalue weighted by molar-refractivity contribution is -0.385. The zero-order valence-corrected chi connectivity index (χ0v) is 38.2. The first-order valence-corrected chi connectivity index (χ1v) is 22.9. The van der Waals surface area contributed by atoms with Crippen molar-refractivity contribution in [2.45, 2.75) is 77.8 Å². The summed E-state index contributed by atoms with van der Waals surface area (Å²) in [6.45, 7) is 6.83. The van der Waals surface area contributed by atoms with Crippen molar-refractivity contribution < 1.29 is 66.7 Å². The molecular formula is C52H42N2O16. The molecule has 0 aromatic heterocycles. The van der Waals surface area contributed by atoms with Crippen LogP contribution in [0.25, 0.3) is 0 Å². The van der Waals surface area contributed by atoms with Crippen molar-refractivity contribution in [3.05, 3.63) is 148 Å². The predicted molar refractivity (Wildman–Crippen MR) is 244 cm³/mol. The molecule has 0 unspecified atom stereocenters. The van der Waals surface area contributed by atoms with Gasteiger partial charge in [-0.3, -0.25) is 20.2 Å². The van der Waals surface area contributed by atoms with E-state index in [4.69, 9.17) is 56.8 Å². The van der Waals surface area contributed by atoms with Gasteiger partial charge in [0.15, 0.2) is 0 Å². The quantitative estimate of drug-likeness (QED) is 0.117. The molecule has 0 aliphatic carbocycles. The van der Waals surface area contributed by atoms with Gasteiger partial charge >= 0.3 is 0 Å². The third-order valence-corrected chi connectivity index (χ3v) is 14.6. The molecule has 8 heterocycles. The van der Waals surface area contributed by atoms with Crippen molar-refractivity contribution in [1.29, 1.82) is 0 Å². The highest BCUT2D eigenvalue weighted by Gasteiger charge is 2.40. The standard InChI is InChI=1S/C52H42N2O16/c1-23-33-11-37-25(3)39-13-35-24(2)36-14-40-26(4)38-12-34(23)46-42-16-60-30-6-27(53(55)56)5-29(9-30)59-15-41(45(33)63-19-64-46)49(37)67-21-69-51(39)43-17-61-31-7-28(54(57)58)8-32(10-31)62-18-44(48(36)66-20-65-47(35)43)52(40)70-22-68-50(38)42/h5-14,23-26H,15-22H2,1-4H3. The summed E-state index contributed by atoms with van der Waals surface area (Å²) in [5.41, 5.74) is 8.14. The lowest BCUT2D eigenvalue weighted by Crippen LogP contribution is -2.25. The molecule has 0 fully saturated rings. The minimum Gasteiger partial charge on any atom is -0.488 e. The summed E-state index contributed by atoms with van der Waals surface area (Å²) >= 11 is 0. The van der Waals surface area contributed by atoms with Gasteiger partial charge in [-0.1, -0.05) is 27.7 Å². The Morgan fingerprint density at radius 1 is 0.329 bits per heavy atom. The predicted octanol–water partition coefficient (Wildman–Crippen LogP) is 10.3. The van der Waals surface area contributed by atoms with Gasteiger partial charge in [0.25, 0.3) is 11.4 Å². The lowest BCUT2D eigenvalue weighted by Gasteiger charge is -2.36. The molecule has 16 bridgehead atoms. The topological polar surface area (TPSA) is 197 Å². The second-order valence-corrected chi connectivity index (χ2v) is 18.3. The fourth-order valence-corrected chi connectivity index (χ4v) is 11.0. The SMILES string of the molecule is CC1c2cc3c4c5c2OCOc2c1cc1c(c2COc2cc(cc([N+](=O)[O-])c2)OC5)OCOc2c(cc5c6c2COc2cc(cc([N+](=O)[O-])c2)OCc2c(c(cc(c2OCO4)C3C)C5C)OCO6)C1C. The van der Waals surface area contributed by atoms with Crippen molar-refractivity contribution in [3.8, 4) is 69.0 Å². The van der Waals surface area contributed by atoms with Crippen LogP contribution in [0.5, 0.6) is 69.0 Å². The number of ether oxygens (including phenoxy) is 12. The molecule has 0 N–H and O–H groups in total. The summed E-state index contributed by atoms with van der Waals surface area (Å²) in [5, 5.41) is 24.8. The highest BCUT2D eigenvalue weighted by Crippen LogP contribution is 2.57. The van der Waals surface area contributed by atoms with Gasteiger partial charge in [0.1, 0.15) is 95.4 Å². The van der Waals surface area contributed by atoms with Crippen LogP contribution in [0.4, 0.5) is 11.4 Å². The normalized spacial score (nSPS) is 20.3. The Hall–Kier alpha value is -8.28. The molecule has 356 valence electrons. The van der Waals surface area contributed by atoms with E-state index in [1.807, 2.05) is 0 Å². The fraction of sp³-hybridized carbons (Fsp3) is 0.308. The highest BCUT2D eigenvalue weighted by atomic mass is 16.7. The largest absolute Gasteiger partial charge is 0.488 e. The van der Waals surface area contributed by atoms with E-state index in [9.17, 15) is 20.2 Å². The number of nitrogens with zero attached hydrogens (tertiary/aromatic N) is 2. The first-order valence-electron chi connectivity index (χ1n) is 22.9. The van der Waals surface area contributed by atoms with Gasteiger partial charge in [0, 0.05) is 80.3 Å².